The summed E-state index contributed by atoms with van der Waals surface area (Å²) in [5.74, 6) is 0.289. The number of carbonyl (C=O) groups is 2. The van der Waals surface area contributed by atoms with Crippen LogP contribution >= 0.6 is 11.3 Å². The van der Waals surface area contributed by atoms with Crippen LogP contribution in [0.1, 0.15) is 32.4 Å². The fraction of sp³-hybridized carbons (Fsp3) is 0.182. The number of thiophene rings is 1. The van der Waals surface area contributed by atoms with E-state index >= 15 is 0 Å². The fourth-order valence-electron chi connectivity index (χ4n) is 3.47. The van der Waals surface area contributed by atoms with E-state index in [2.05, 4.69) is 5.32 Å². The van der Waals surface area contributed by atoms with Crippen LogP contribution in [0.3, 0.4) is 0 Å². The molecule has 3 aromatic rings. The minimum absolute atomic E-state index is 0.0127. The van der Waals surface area contributed by atoms with Gasteiger partial charge < -0.3 is 15.0 Å². The molecule has 1 N–H and O–H groups in total. The quantitative estimate of drug-likeness (QED) is 0.725. The number of hydrogen-bond acceptors (Lipinski definition) is 4. The van der Waals surface area contributed by atoms with Crippen molar-refractivity contribution in [2.45, 2.75) is 13.0 Å². The molecule has 0 saturated heterocycles. The van der Waals surface area contributed by atoms with Crippen LogP contribution < -0.4 is 10.1 Å². The normalized spacial score (nSPS) is 16.1. The van der Waals surface area contributed by atoms with E-state index in [1.807, 2.05) is 42.6 Å². The molecule has 1 aliphatic heterocycles. The highest BCUT2D eigenvalue weighted by atomic mass is 32.1. The Hall–Kier alpha value is -3.12. The molecule has 2 heterocycles. The number of hydrogen-bond donors (Lipinski definition) is 1. The second-order valence-electron chi connectivity index (χ2n) is 6.72. The van der Waals surface area contributed by atoms with Gasteiger partial charge in [-0.3, -0.25) is 9.59 Å². The van der Waals surface area contributed by atoms with E-state index in [-0.39, 0.29) is 24.4 Å². The van der Waals surface area contributed by atoms with Gasteiger partial charge >= 0.3 is 0 Å². The molecule has 1 atom stereocenters. The first-order chi connectivity index (χ1) is 13.6. The van der Waals surface area contributed by atoms with Crippen LogP contribution in [0.4, 0.5) is 5.69 Å². The molecule has 0 radical (unpaired) electrons. The summed E-state index contributed by atoms with van der Waals surface area (Å²) >= 11 is 1.58. The monoisotopic (exact) mass is 392 g/mol. The Kier molecular flexibility index (Phi) is 4.88. The van der Waals surface area contributed by atoms with Gasteiger partial charge in [0.2, 0.25) is 5.91 Å². The van der Waals surface area contributed by atoms with Gasteiger partial charge in [-0.1, -0.05) is 23.8 Å². The van der Waals surface area contributed by atoms with Crippen molar-refractivity contribution in [1.82, 2.24) is 4.90 Å². The molecule has 1 aromatic heterocycles. The summed E-state index contributed by atoms with van der Waals surface area (Å²) < 4.78 is 5.18. The number of aryl methyl sites for hydroxylation is 1. The van der Waals surface area contributed by atoms with Gasteiger partial charge in [-0.05, 0) is 48.7 Å². The number of nitrogens with one attached hydrogen (secondary N) is 1. The molecule has 1 aliphatic rings. The summed E-state index contributed by atoms with van der Waals surface area (Å²) in [6.07, 6.45) is 0. The Labute approximate surface area is 167 Å². The average molecular weight is 392 g/mol. The van der Waals surface area contributed by atoms with Crippen molar-refractivity contribution in [2.24, 2.45) is 0 Å². The van der Waals surface area contributed by atoms with Gasteiger partial charge in [-0.15, -0.1) is 11.3 Å². The third-order valence-corrected chi connectivity index (χ3v) is 5.74. The lowest BCUT2D eigenvalue weighted by atomic mass is 9.99. The van der Waals surface area contributed by atoms with Crippen LogP contribution in [-0.2, 0) is 4.79 Å². The Balaban J connectivity index is 1.83. The van der Waals surface area contributed by atoms with Crippen LogP contribution in [0.25, 0.3) is 0 Å². The second-order valence-corrected chi connectivity index (χ2v) is 7.70. The minimum Gasteiger partial charge on any atom is -0.497 e. The maximum absolute atomic E-state index is 13.4. The predicted octanol–water partition coefficient (Wildman–Crippen LogP) is 4.25. The van der Waals surface area contributed by atoms with E-state index in [0.29, 0.717) is 11.3 Å². The minimum atomic E-state index is -0.330. The molecule has 5 nitrogen and oxygen atoms in total. The molecule has 0 fully saturated rings. The van der Waals surface area contributed by atoms with Gasteiger partial charge in [0, 0.05) is 21.7 Å². The molecule has 2 amide bonds. The maximum atomic E-state index is 13.4. The van der Waals surface area contributed by atoms with E-state index in [0.717, 1.165) is 21.7 Å². The second kappa shape index (κ2) is 7.48. The third kappa shape index (κ3) is 3.39. The molecule has 0 saturated carbocycles. The lowest BCUT2D eigenvalue weighted by Gasteiger charge is -2.29. The van der Waals surface area contributed by atoms with Crippen molar-refractivity contribution in [3.8, 4) is 5.75 Å². The highest BCUT2D eigenvalue weighted by molar-refractivity contribution is 7.10. The smallest absolute Gasteiger partial charge is 0.255 e. The van der Waals surface area contributed by atoms with Crippen molar-refractivity contribution in [3.05, 3.63) is 81.5 Å². The van der Waals surface area contributed by atoms with E-state index in [1.54, 1.807) is 47.6 Å². The Morgan fingerprint density at radius 1 is 1.18 bits per heavy atom. The molecule has 28 heavy (non-hydrogen) atoms. The Morgan fingerprint density at radius 2 is 1.96 bits per heavy atom. The van der Waals surface area contributed by atoms with Gasteiger partial charge in [0.1, 0.15) is 12.3 Å². The molecular formula is C22H20N2O3S. The molecule has 0 bridgehead atoms. The van der Waals surface area contributed by atoms with Crippen LogP contribution in [0.2, 0.25) is 0 Å². The van der Waals surface area contributed by atoms with Crippen molar-refractivity contribution < 1.29 is 14.3 Å². The van der Waals surface area contributed by atoms with E-state index in [4.69, 9.17) is 4.74 Å². The number of nitrogens with zero attached hydrogens (tertiary/aromatic N) is 1. The molecular weight excluding hydrogens is 372 g/mol. The highest BCUT2D eigenvalue weighted by Crippen LogP contribution is 2.38. The lowest BCUT2D eigenvalue weighted by molar-refractivity contribution is -0.117. The van der Waals surface area contributed by atoms with Crippen molar-refractivity contribution in [2.75, 3.05) is 19.0 Å². The van der Waals surface area contributed by atoms with Gasteiger partial charge in [0.25, 0.3) is 5.91 Å². The zero-order chi connectivity index (χ0) is 19.7. The van der Waals surface area contributed by atoms with E-state index in [1.165, 1.54) is 0 Å². The number of ether oxygens (including phenoxy) is 1. The first kappa shape index (κ1) is 18.3. The summed E-state index contributed by atoms with van der Waals surface area (Å²) in [6.45, 7) is 2.00. The summed E-state index contributed by atoms with van der Waals surface area (Å²) in [7, 11) is 1.59. The summed E-state index contributed by atoms with van der Waals surface area (Å²) in [5.41, 5.74) is 3.27. The number of amides is 2. The van der Waals surface area contributed by atoms with Crippen molar-refractivity contribution in [3.63, 3.8) is 0 Å². The number of rotatable bonds is 3. The van der Waals surface area contributed by atoms with Crippen molar-refractivity contribution in [1.29, 1.82) is 0 Å². The number of fused-ring (bicyclic) bond motifs is 1. The van der Waals surface area contributed by atoms with Gasteiger partial charge in [0.05, 0.1) is 13.2 Å². The molecule has 142 valence electrons. The number of benzene rings is 2. The standard InChI is InChI=1S/C22H20N2O3S/c1-14-5-10-18-17(12-14)21(19-4-3-11-28-19)24(13-20(25)23-18)22(26)15-6-8-16(27-2)9-7-15/h3-12,21H,13H2,1-2H3,(H,23,25). The summed E-state index contributed by atoms with van der Waals surface area (Å²) in [4.78, 5) is 28.6. The van der Waals surface area contributed by atoms with Gasteiger partial charge in [-0.25, -0.2) is 0 Å². The Morgan fingerprint density at radius 3 is 2.64 bits per heavy atom. The van der Waals surface area contributed by atoms with Crippen LogP contribution in [0.5, 0.6) is 5.75 Å². The number of carbonyl (C=O) groups excluding carboxylic acids is 2. The first-order valence-electron chi connectivity index (χ1n) is 8.95. The predicted molar refractivity (Wildman–Crippen MR) is 110 cm³/mol. The van der Waals surface area contributed by atoms with Crippen LogP contribution in [-0.4, -0.2) is 30.4 Å². The SMILES string of the molecule is COc1ccc(C(=O)N2CC(=O)Nc3ccc(C)cc3C2c2cccs2)cc1. The zero-order valence-electron chi connectivity index (χ0n) is 15.6. The van der Waals surface area contributed by atoms with Crippen LogP contribution in [0, 0.1) is 6.92 Å². The zero-order valence-corrected chi connectivity index (χ0v) is 16.5. The van der Waals surface area contributed by atoms with Gasteiger partial charge in [-0.2, -0.15) is 0 Å². The summed E-state index contributed by atoms with van der Waals surface area (Å²) in [5, 5.41) is 4.93. The molecule has 4 rings (SSSR count). The fourth-order valence-corrected chi connectivity index (χ4v) is 4.32. The Bertz CT molecular complexity index is 1010. The van der Waals surface area contributed by atoms with E-state index in [9.17, 15) is 9.59 Å². The molecule has 0 spiro atoms. The van der Waals surface area contributed by atoms with Gasteiger partial charge in [0.15, 0.2) is 0 Å². The molecule has 1 unspecified atom stereocenters. The topological polar surface area (TPSA) is 58.6 Å². The molecule has 2 aromatic carbocycles. The summed E-state index contributed by atoms with van der Waals surface area (Å²) in [6, 6.07) is 16.5. The van der Waals surface area contributed by atoms with Crippen molar-refractivity contribution >= 4 is 28.8 Å². The molecule has 0 aliphatic carbocycles. The first-order valence-corrected chi connectivity index (χ1v) is 9.83. The third-order valence-electron chi connectivity index (χ3n) is 4.81. The maximum Gasteiger partial charge on any atom is 0.255 e. The average Bonchev–Trinajstić information content (AvgIpc) is 3.18. The highest BCUT2D eigenvalue weighted by Gasteiger charge is 2.34. The molecule has 6 heteroatoms. The largest absolute Gasteiger partial charge is 0.497 e. The van der Waals surface area contributed by atoms with E-state index < -0.39 is 0 Å². The number of anilines is 1. The number of methoxy groups -OCH3 is 1. The van der Waals surface area contributed by atoms with Crippen LogP contribution in [0.15, 0.2) is 60.0 Å². The lowest BCUT2D eigenvalue weighted by Crippen LogP contribution is -2.38.